The molecule has 3 aromatic rings. The van der Waals surface area contributed by atoms with Gasteiger partial charge >= 0.3 is 0 Å². The molecule has 0 radical (unpaired) electrons. The second-order valence-corrected chi connectivity index (χ2v) is 6.79. The molecule has 0 saturated carbocycles. The van der Waals surface area contributed by atoms with Crippen LogP contribution < -0.4 is 10.3 Å². The summed E-state index contributed by atoms with van der Waals surface area (Å²) in [6, 6.07) is 11.0. The Morgan fingerprint density at radius 3 is 2.88 bits per heavy atom. The summed E-state index contributed by atoms with van der Waals surface area (Å²) in [6.45, 7) is 3.04. The van der Waals surface area contributed by atoms with E-state index in [2.05, 4.69) is 4.98 Å². The summed E-state index contributed by atoms with van der Waals surface area (Å²) in [7, 11) is 1.73. The van der Waals surface area contributed by atoms with Gasteiger partial charge in [0.1, 0.15) is 11.9 Å². The molecule has 1 fully saturated rings. The molecule has 1 saturated heterocycles. The molecule has 1 amide bonds. The minimum Gasteiger partial charge on any atom is -0.488 e. The standard InChI is InChI=1S/C20H21N3O3/c1-13-9-17(11-19(24)22(13)2)26-16-6-8-23(12-16)20(25)15-4-3-14-5-7-21-18(14)10-15/h3-5,7,9-11,16,21H,6,8,12H2,1-2H3. The number of hydrogen-bond donors (Lipinski definition) is 1. The molecule has 2 aromatic heterocycles. The van der Waals surface area contributed by atoms with E-state index < -0.39 is 0 Å². The van der Waals surface area contributed by atoms with Gasteiger partial charge in [0.25, 0.3) is 11.5 Å². The molecule has 1 N–H and O–H groups in total. The van der Waals surface area contributed by atoms with Gasteiger partial charge in [-0.2, -0.15) is 0 Å². The fraction of sp³-hybridized carbons (Fsp3) is 0.300. The average molecular weight is 351 g/mol. The number of likely N-dealkylation sites (tertiary alicyclic amines) is 1. The van der Waals surface area contributed by atoms with Gasteiger partial charge in [0.15, 0.2) is 0 Å². The van der Waals surface area contributed by atoms with Gasteiger partial charge in [-0.1, -0.05) is 6.07 Å². The molecule has 1 aliphatic heterocycles. The number of H-pyrrole nitrogens is 1. The number of nitrogens with zero attached hydrogens (tertiary/aromatic N) is 2. The van der Waals surface area contributed by atoms with Gasteiger partial charge in [-0.3, -0.25) is 9.59 Å². The quantitative estimate of drug-likeness (QED) is 0.788. The lowest BCUT2D eigenvalue weighted by molar-refractivity contribution is 0.0772. The number of hydrogen-bond acceptors (Lipinski definition) is 3. The van der Waals surface area contributed by atoms with Crippen LogP contribution >= 0.6 is 0 Å². The van der Waals surface area contributed by atoms with E-state index in [0.29, 0.717) is 24.4 Å². The van der Waals surface area contributed by atoms with E-state index in [9.17, 15) is 9.59 Å². The highest BCUT2D eigenvalue weighted by Crippen LogP contribution is 2.21. The number of nitrogens with one attached hydrogen (secondary N) is 1. The summed E-state index contributed by atoms with van der Waals surface area (Å²) in [5.41, 5.74) is 2.38. The van der Waals surface area contributed by atoms with E-state index in [1.165, 1.54) is 6.07 Å². The number of pyridine rings is 1. The van der Waals surface area contributed by atoms with Crippen LogP contribution in [0.2, 0.25) is 0 Å². The summed E-state index contributed by atoms with van der Waals surface area (Å²) in [4.78, 5) is 29.6. The Bertz CT molecular complexity index is 1030. The van der Waals surface area contributed by atoms with Gasteiger partial charge in [0.2, 0.25) is 0 Å². The number of aromatic amines is 1. The molecule has 6 heteroatoms. The number of amides is 1. The molecule has 3 heterocycles. The summed E-state index contributed by atoms with van der Waals surface area (Å²) < 4.78 is 7.53. The van der Waals surface area contributed by atoms with Crippen molar-refractivity contribution in [2.45, 2.75) is 19.4 Å². The molecule has 1 aliphatic rings. The fourth-order valence-corrected chi connectivity index (χ4v) is 3.37. The molecule has 26 heavy (non-hydrogen) atoms. The van der Waals surface area contributed by atoms with E-state index >= 15 is 0 Å². The third kappa shape index (κ3) is 2.98. The maximum absolute atomic E-state index is 12.8. The van der Waals surface area contributed by atoms with Crippen LogP contribution in [0, 0.1) is 6.92 Å². The number of aryl methyl sites for hydroxylation is 1. The molecule has 134 valence electrons. The van der Waals surface area contributed by atoms with Gasteiger partial charge in [-0.25, -0.2) is 0 Å². The van der Waals surface area contributed by atoms with Crippen LogP contribution in [0.15, 0.2) is 47.4 Å². The van der Waals surface area contributed by atoms with E-state index in [1.807, 2.05) is 48.4 Å². The van der Waals surface area contributed by atoms with Crippen molar-refractivity contribution in [3.05, 3.63) is 64.2 Å². The minimum absolute atomic E-state index is 0.00718. The Balaban J connectivity index is 1.46. The lowest BCUT2D eigenvalue weighted by atomic mass is 10.1. The van der Waals surface area contributed by atoms with Crippen LogP contribution in [0.25, 0.3) is 10.9 Å². The van der Waals surface area contributed by atoms with Crippen molar-refractivity contribution in [1.82, 2.24) is 14.5 Å². The predicted octanol–water partition coefficient (Wildman–Crippen LogP) is 2.47. The zero-order valence-corrected chi connectivity index (χ0v) is 14.9. The molecule has 1 aromatic carbocycles. The van der Waals surface area contributed by atoms with Gasteiger partial charge in [0, 0.05) is 49.1 Å². The van der Waals surface area contributed by atoms with Crippen LogP contribution in [-0.4, -0.2) is 39.6 Å². The normalized spacial score (nSPS) is 17.0. The molecule has 0 spiro atoms. The largest absolute Gasteiger partial charge is 0.488 e. The lowest BCUT2D eigenvalue weighted by Crippen LogP contribution is -2.31. The zero-order valence-electron chi connectivity index (χ0n) is 14.9. The van der Waals surface area contributed by atoms with Crippen molar-refractivity contribution in [1.29, 1.82) is 0 Å². The highest BCUT2D eigenvalue weighted by Gasteiger charge is 2.28. The first-order valence-corrected chi connectivity index (χ1v) is 8.72. The number of rotatable bonds is 3. The number of fused-ring (bicyclic) bond motifs is 1. The Morgan fingerprint density at radius 2 is 2.08 bits per heavy atom. The molecule has 4 rings (SSSR count). The first-order chi connectivity index (χ1) is 12.5. The summed E-state index contributed by atoms with van der Waals surface area (Å²) >= 11 is 0. The molecule has 1 atom stereocenters. The molecular formula is C20H21N3O3. The summed E-state index contributed by atoms with van der Waals surface area (Å²) in [5.74, 6) is 0.575. The van der Waals surface area contributed by atoms with E-state index in [1.54, 1.807) is 11.6 Å². The van der Waals surface area contributed by atoms with Crippen molar-refractivity contribution < 1.29 is 9.53 Å². The van der Waals surface area contributed by atoms with Gasteiger partial charge in [-0.15, -0.1) is 0 Å². The first-order valence-electron chi connectivity index (χ1n) is 8.72. The smallest absolute Gasteiger partial charge is 0.254 e. The Hall–Kier alpha value is -3.02. The first kappa shape index (κ1) is 16.4. The number of ether oxygens (including phenoxy) is 1. The third-order valence-electron chi connectivity index (χ3n) is 5.01. The van der Waals surface area contributed by atoms with E-state index in [-0.39, 0.29) is 17.6 Å². The van der Waals surface area contributed by atoms with Crippen LogP contribution in [0.1, 0.15) is 22.5 Å². The Labute approximate surface area is 151 Å². The molecule has 0 aliphatic carbocycles. The zero-order chi connectivity index (χ0) is 18.3. The topological polar surface area (TPSA) is 67.3 Å². The molecular weight excluding hydrogens is 330 g/mol. The van der Waals surface area contributed by atoms with E-state index in [0.717, 1.165) is 23.0 Å². The lowest BCUT2D eigenvalue weighted by Gasteiger charge is -2.18. The number of carbonyl (C=O) groups is 1. The van der Waals surface area contributed by atoms with Gasteiger partial charge in [0.05, 0.1) is 6.54 Å². The highest BCUT2D eigenvalue weighted by atomic mass is 16.5. The summed E-state index contributed by atoms with van der Waals surface area (Å²) in [5, 5.41) is 1.09. The minimum atomic E-state index is -0.0975. The summed E-state index contributed by atoms with van der Waals surface area (Å²) in [6.07, 6.45) is 2.52. The van der Waals surface area contributed by atoms with Crippen molar-refractivity contribution in [2.24, 2.45) is 7.05 Å². The third-order valence-corrected chi connectivity index (χ3v) is 5.01. The fourth-order valence-electron chi connectivity index (χ4n) is 3.37. The molecule has 0 bridgehead atoms. The second-order valence-electron chi connectivity index (χ2n) is 6.79. The van der Waals surface area contributed by atoms with Crippen LogP contribution in [-0.2, 0) is 7.05 Å². The molecule has 1 unspecified atom stereocenters. The molecule has 6 nitrogen and oxygen atoms in total. The maximum Gasteiger partial charge on any atom is 0.254 e. The Morgan fingerprint density at radius 1 is 1.23 bits per heavy atom. The van der Waals surface area contributed by atoms with Gasteiger partial charge < -0.3 is 19.2 Å². The number of carbonyl (C=O) groups excluding carboxylic acids is 1. The number of aromatic nitrogens is 2. The van der Waals surface area contributed by atoms with Gasteiger partial charge in [-0.05, 0) is 36.6 Å². The van der Waals surface area contributed by atoms with Crippen molar-refractivity contribution in [3.8, 4) is 5.75 Å². The Kier molecular flexibility index (Phi) is 4.03. The second kappa shape index (κ2) is 6.37. The monoisotopic (exact) mass is 351 g/mol. The van der Waals surface area contributed by atoms with Crippen molar-refractivity contribution in [2.75, 3.05) is 13.1 Å². The predicted molar refractivity (Wildman–Crippen MR) is 99.7 cm³/mol. The van der Waals surface area contributed by atoms with Crippen LogP contribution in [0.3, 0.4) is 0 Å². The van der Waals surface area contributed by atoms with E-state index in [4.69, 9.17) is 4.74 Å². The average Bonchev–Trinajstić information content (AvgIpc) is 3.27. The van der Waals surface area contributed by atoms with Crippen LogP contribution in [0.4, 0.5) is 0 Å². The van der Waals surface area contributed by atoms with Crippen molar-refractivity contribution in [3.63, 3.8) is 0 Å². The number of benzene rings is 1. The maximum atomic E-state index is 12.8. The van der Waals surface area contributed by atoms with Crippen molar-refractivity contribution >= 4 is 16.8 Å². The SMILES string of the molecule is Cc1cc(OC2CCN(C(=O)c3ccc4cc[nH]c4c3)C2)cc(=O)n1C. The van der Waals surface area contributed by atoms with Crippen LogP contribution in [0.5, 0.6) is 5.75 Å². The highest BCUT2D eigenvalue weighted by molar-refractivity contribution is 5.98.